The van der Waals surface area contributed by atoms with Crippen LogP contribution in [0.3, 0.4) is 0 Å². The molecule has 1 aliphatic rings. The number of hydrogen-bond donors (Lipinski definition) is 1. The predicted molar refractivity (Wildman–Crippen MR) is 74.3 cm³/mol. The minimum atomic E-state index is 0.814. The second-order valence-corrected chi connectivity index (χ2v) is 5.72. The minimum Gasteiger partial charge on any atom is -0.312 e. The number of hydrogen-bond acceptors (Lipinski definition) is 1. The molecule has 94 valence electrons. The van der Waals surface area contributed by atoms with Crippen LogP contribution in [0.15, 0.2) is 24.3 Å². The Labute approximate surface area is 110 Å². The van der Waals surface area contributed by atoms with Gasteiger partial charge in [0.25, 0.3) is 0 Å². The molecule has 2 atom stereocenters. The highest BCUT2D eigenvalue weighted by Gasteiger charge is 2.20. The minimum absolute atomic E-state index is 0.814. The van der Waals surface area contributed by atoms with Crippen LogP contribution >= 0.6 is 11.6 Å². The van der Waals surface area contributed by atoms with Gasteiger partial charge in [0.2, 0.25) is 0 Å². The zero-order valence-electron chi connectivity index (χ0n) is 10.6. The van der Waals surface area contributed by atoms with Gasteiger partial charge in [-0.15, -0.1) is 0 Å². The van der Waals surface area contributed by atoms with Gasteiger partial charge in [-0.25, -0.2) is 0 Å². The predicted octanol–water partition coefficient (Wildman–Crippen LogP) is 4.26. The molecule has 2 unspecified atom stereocenters. The topological polar surface area (TPSA) is 12.0 Å². The van der Waals surface area contributed by atoms with Gasteiger partial charge in [-0.1, -0.05) is 49.9 Å². The molecule has 1 aromatic rings. The molecule has 1 fully saturated rings. The van der Waals surface area contributed by atoms with Crippen LogP contribution in [-0.2, 0) is 6.54 Å². The van der Waals surface area contributed by atoms with Crippen molar-refractivity contribution in [2.45, 2.75) is 39.2 Å². The maximum atomic E-state index is 5.87. The molecule has 0 heterocycles. The van der Waals surface area contributed by atoms with Crippen LogP contribution in [0, 0.1) is 11.8 Å². The van der Waals surface area contributed by atoms with Crippen LogP contribution in [0.5, 0.6) is 0 Å². The Morgan fingerprint density at radius 1 is 1.18 bits per heavy atom. The highest BCUT2D eigenvalue weighted by atomic mass is 35.5. The molecular weight excluding hydrogens is 230 g/mol. The van der Waals surface area contributed by atoms with Crippen LogP contribution in [-0.4, -0.2) is 6.54 Å². The van der Waals surface area contributed by atoms with E-state index in [1.165, 1.54) is 31.2 Å². The van der Waals surface area contributed by atoms with Crippen molar-refractivity contribution in [3.05, 3.63) is 34.9 Å². The molecule has 0 aliphatic heterocycles. The van der Waals surface area contributed by atoms with Crippen molar-refractivity contribution >= 4 is 11.6 Å². The maximum absolute atomic E-state index is 5.87. The van der Waals surface area contributed by atoms with Crippen molar-refractivity contribution in [3.63, 3.8) is 0 Å². The summed E-state index contributed by atoms with van der Waals surface area (Å²) in [6, 6.07) is 8.11. The molecule has 1 nitrogen and oxygen atoms in total. The Balaban J connectivity index is 1.73. The normalized spacial score (nSPS) is 24.8. The Kier molecular flexibility index (Phi) is 4.87. The van der Waals surface area contributed by atoms with E-state index >= 15 is 0 Å². The van der Waals surface area contributed by atoms with Gasteiger partial charge in [0.05, 0.1) is 0 Å². The fraction of sp³-hybridized carbons (Fsp3) is 0.600. The van der Waals surface area contributed by atoms with E-state index in [-0.39, 0.29) is 0 Å². The fourth-order valence-corrected chi connectivity index (χ4v) is 2.83. The summed E-state index contributed by atoms with van der Waals surface area (Å²) in [6.07, 6.45) is 5.65. The van der Waals surface area contributed by atoms with E-state index in [2.05, 4.69) is 24.4 Å². The smallest absolute Gasteiger partial charge is 0.0406 e. The molecule has 0 amide bonds. The second kappa shape index (κ2) is 6.42. The summed E-state index contributed by atoms with van der Waals surface area (Å²) in [5.74, 6) is 1.76. The monoisotopic (exact) mass is 251 g/mol. The third-order valence-electron chi connectivity index (χ3n) is 3.94. The van der Waals surface area contributed by atoms with E-state index < -0.39 is 0 Å². The van der Waals surface area contributed by atoms with Gasteiger partial charge in [-0.05, 0) is 42.5 Å². The SMILES string of the molecule is CC1CCCCC1CNCc1ccc(Cl)cc1. The summed E-state index contributed by atoms with van der Waals surface area (Å²) in [5, 5.41) is 4.39. The summed E-state index contributed by atoms with van der Waals surface area (Å²) in [6.45, 7) is 4.51. The molecule has 0 bridgehead atoms. The first kappa shape index (κ1) is 12.9. The van der Waals surface area contributed by atoms with E-state index in [9.17, 15) is 0 Å². The highest BCUT2D eigenvalue weighted by molar-refractivity contribution is 6.30. The van der Waals surface area contributed by atoms with Crippen LogP contribution in [0.1, 0.15) is 38.2 Å². The quantitative estimate of drug-likeness (QED) is 0.843. The average molecular weight is 252 g/mol. The van der Waals surface area contributed by atoms with Crippen molar-refractivity contribution in [3.8, 4) is 0 Å². The highest BCUT2D eigenvalue weighted by Crippen LogP contribution is 2.28. The van der Waals surface area contributed by atoms with Gasteiger partial charge < -0.3 is 5.32 Å². The first-order valence-electron chi connectivity index (χ1n) is 6.71. The van der Waals surface area contributed by atoms with E-state index in [4.69, 9.17) is 11.6 Å². The molecule has 1 saturated carbocycles. The Hall–Kier alpha value is -0.530. The van der Waals surface area contributed by atoms with Crippen molar-refractivity contribution in [1.82, 2.24) is 5.32 Å². The van der Waals surface area contributed by atoms with Gasteiger partial charge in [0.1, 0.15) is 0 Å². The molecule has 1 N–H and O–H groups in total. The largest absolute Gasteiger partial charge is 0.312 e. The number of nitrogens with one attached hydrogen (secondary N) is 1. The van der Waals surface area contributed by atoms with E-state index in [1.807, 2.05) is 12.1 Å². The van der Waals surface area contributed by atoms with Crippen molar-refractivity contribution < 1.29 is 0 Å². The number of rotatable bonds is 4. The molecule has 0 saturated heterocycles. The molecule has 2 heteroatoms. The third-order valence-corrected chi connectivity index (χ3v) is 4.19. The first-order chi connectivity index (χ1) is 8.25. The van der Waals surface area contributed by atoms with Crippen LogP contribution in [0.4, 0.5) is 0 Å². The van der Waals surface area contributed by atoms with Crippen LogP contribution < -0.4 is 5.32 Å². The molecule has 0 spiro atoms. The van der Waals surface area contributed by atoms with Gasteiger partial charge >= 0.3 is 0 Å². The zero-order valence-corrected chi connectivity index (χ0v) is 11.3. The van der Waals surface area contributed by atoms with Gasteiger partial charge in [0.15, 0.2) is 0 Å². The van der Waals surface area contributed by atoms with Crippen LogP contribution in [0.2, 0.25) is 5.02 Å². The lowest BCUT2D eigenvalue weighted by molar-refractivity contribution is 0.247. The molecular formula is C15H22ClN. The van der Waals surface area contributed by atoms with E-state index in [0.717, 1.165) is 29.9 Å². The van der Waals surface area contributed by atoms with E-state index in [0.29, 0.717) is 0 Å². The van der Waals surface area contributed by atoms with E-state index in [1.54, 1.807) is 0 Å². The summed E-state index contributed by atoms with van der Waals surface area (Å²) in [7, 11) is 0. The third kappa shape index (κ3) is 4.01. The summed E-state index contributed by atoms with van der Waals surface area (Å²) >= 11 is 5.87. The fourth-order valence-electron chi connectivity index (χ4n) is 2.70. The maximum Gasteiger partial charge on any atom is 0.0406 e. The molecule has 2 rings (SSSR count). The summed E-state index contributed by atoms with van der Waals surface area (Å²) in [4.78, 5) is 0. The Morgan fingerprint density at radius 3 is 2.59 bits per heavy atom. The Morgan fingerprint density at radius 2 is 1.88 bits per heavy atom. The second-order valence-electron chi connectivity index (χ2n) is 5.28. The molecule has 0 radical (unpaired) electrons. The summed E-state index contributed by atoms with van der Waals surface area (Å²) in [5.41, 5.74) is 1.32. The number of benzene rings is 1. The lowest BCUT2D eigenvalue weighted by Gasteiger charge is -2.28. The zero-order chi connectivity index (χ0) is 12.1. The van der Waals surface area contributed by atoms with Gasteiger partial charge in [0, 0.05) is 11.6 Å². The van der Waals surface area contributed by atoms with Crippen molar-refractivity contribution in [2.24, 2.45) is 11.8 Å². The van der Waals surface area contributed by atoms with Crippen LogP contribution in [0.25, 0.3) is 0 Å². The standard InChI is InChI=1S/C15H22ClN/c1-12-4-2-3-5-14(12)11-17-10-13-6-8-15(16)9-7-13/h6-9,12,14,17H,2-5,10-11H2,1H3. The number of halogens is 1. The molecule has 1 aromatic carbocycles. The van der Waals surface area contributed by atoms with Crippen molar-refractivity contribution in [1.29, 1.82) is 0 Å². The molecule has 0 aromatic heterocycles. The molecule has 1 aliphatic carbocycles. The summed E-state index contributed by atoms with van der Waals surface area (Å²) < 4.78 is 0. The first-order valence-corrected chi connectivity index (χ1v) is 7.08. The average Bonchev–Trinajstić information content (AvgIpc) is 2.34. The lowest BCUT2D eigenvalue weighted by atomic mass is 9.80. The van der Waals surface area contributed by atoms with Crippen molar-refractivity contribution in [2.75, 3.05) is 6.54 Å². The lowest BCUT2D eigenvalue weighted by Crippen LogP contribution is -2.29. The van der Waals surface area contributed by atoms with Gasteiger partial charge in [-0.2, -0.15) is 0 Å². The molecule has 17 heavy (non-hydrogen) atoms. The van der Waals surface area contributed by atoms with Gasteiger partial charge in [-0.3, -0.25) is 0 Å². The Bertz CT molecular complexity index is 333.